The zero-order valence-corrected chi connectivity index (χ0v) is 10.9. The molecule has 5 heteroatoms. The number of unbranched alkanes of at least 4 members (excludes halogenated alkanes) is 2. The second-order valence-electron chi connectivity index (χ2n) is 3.37. The van der Waals surface area contributed by atoms with E-state index in [2.05, 4.69) is 22.2 Å². The van der Waals surface area contributed by atoms with Gasteiger partial charge in [0.1, 0.15) is 11.4 Å². The third kappa shape index (κ3) is 3.56. The number of ether oxygens (including phenoxy) is 1. The molecule has 4 nitrogen and oxygen atoms in total. The normalized spacial score (nSPS) is 10.2. The van der Waals surface area contributed by atoms with E-state index in [4.69, 9.17) is 4.74 Å². The SMILES string of the molecule is CCCCCSc1ncnc(NC)c1OC. The van der Waals surface area contributed by atoms with Crippen molar-refractivity contribution in [3.05, 3.63) is 6.33 Å². The van der Waals surface area contributed by atoms with Gasteiger partial charge in [0.25, 0.3) is 0 Å². The molecule has 1 N–H and O–H groups in total. The van der Waals surface area contributed by atoms with Crippen LogP contribution >= 0.6 is 11.8 Å². The van der Waals surface area contributed by atoms with Gasteiger partial charge >= 0.3 is 0 Å². The Balaban J connectivity index is 2.63. The van der Waals surface area contributed by atoms with Gasteiger partial charge in [0.2, 0.25) is 0 Å². The minimum Gasteiger partial charge on any atom is -0.490 e. The molecule has 1 aromatic heterocycles. The maximum atomic E-state index is 5.32. The molecule has 0 atom stereocenters. The van der Waals surface area contributed by atoms with Crippen LogP contribution in [0.25, 0.3) is 0 Å². The first-order valence-corrected chi connectivity index (χ1v) is 6.51. The third-order valence-corrected chi connectivity index (χ3v) is 3.26. The predicted octanol–water partition coefficient (Wildman–Crippen LogP) is 2.81. The lowest BCUT2D eigenvalue weighted by atomic mass is 10.3. The maximum Gasteiger partial charge on any atom is 0.193 e. The highest BCUT2D eigenvalue weighted by Gasteiger charge is 2.10. The first-order chi connectivity index (χ1) is 7.83. The van der Waals surface area contributed by atoms with E-state index in [0.717, 1.165) is 22.3 Å². The average Bonchev–Trinajstić information content (AvgIpc) is 2.34. The lowest BCUT2D eigenvalue weighted by Gasteiger charge is -2.10. The lowest BCUT2D eigenvalue weighted by Crippen LogP contribution is -2.00. The van der Waals surface area contributed by atoms with Crippen LogP contribution in [0.15, 0.2) is 11.4 Å². The number of nitrogens with one attached hydrogen (secondary N) is 1. The number of hydrogen-bond donors (Lipinski definition) is 1. The van der Waals surface area contributed by atoms with Crippen molar-refractivity contribution < 1.29 is 4.74 Å². The van der Waals surface area contributed by atoms with Crippen molar-refractivity contribution in [1.82, 2.24) is 9.97 Å². The van der Waals surface area contributed by atoms with Crippen molar-refractivity contribution in [2.75, 3.05) is 25.2 Å². The summed E-state index contributed by atoms with van der Waals surface area (Å²) < 4.78 is 5.32. The summed E-state index contributed by atoms with van der Waals surface area (Å²) >= 11 is 1.72. The van der Waals surface area contributed by atoms with Crippen LogP contribution in [-0.4, -0.2) is 29.9 Å². The molecule has 1 rings (SSSR count). The second-order valence-corrected chi connectivity index (χ2v) is 4.45. The molecular formula is C11H19N3OS. The molecule has 16 heavy (non-hydrogen) atoms. The van der Waals surface area contributed by atoms with Crippen LogP contribution < -0.4 is 10.1 Å². The summed E-state index contributed by atoms with van der Waals surface area (Å²) in [6.07, 6.45) is 5.28. The van der Waals surface area contributed by atoms with Gasteiger partial charge in [0, 0.05) is 7.05 Å². The molecule has 0 saturated heterocycles. The molecule has 0 aliphatic carbocycles. The van der Waals surface area contributed by atoms with Gasteiger partial charge in [-0.05, 0) is 12.2 Å². The van der Waals surface area contributed by atoms with E-state index in [1.165, 1.54) is 19.3 Å². The van der Waals surface area contributed by atoms with Crippen LogP contribution in [-0.2, 0) is 0 Å². The quantitative estimate of drug-likeness (QED) is 0.452. The molecule has 0 bridgehead atoms. The number of thioether (sulfide) groups is 1. The summed E-state index contributed by atoms with van der Waals surface area (Å²) in [6, 6.07) is 0. The van der Waals surface area contributed by atoms with Gasteiger partial charge in [-0.25, -0.2) is 9.97 Å². The number of aromatic nitrogens is 2. The van der Waals surface area contributed by atoms with E-state index in [1.807, 2.05) is 7.05 Å². The van der Waals surface area contributed by atoms with Crippen LogP contribution in [0.1, 0.15) is 26.2 Å². The Morgan fingerprint density at radius 3 is 2.81 bits per heavy atom. The highest BCUT2D eigenvalue weighted by Crippen LogP contribution is 2.32. The van der Waals surface area contributed by atoms with E-state index >= 15 is 0 Å². The van der Waals surface area contributed by atoms with Gasteiger partial charge in [-0.15, -0.1) is 11.8 Å². The monoisotopic (exact) mass is 241 g/mol. The van der Waals surface area contributed by atoms with Crippen LogP contribution in [0.4, 0.5) is 5.82 Å². The molecule has 90 valence electrons. The van der Waals surface area contributed by atoms with E-state index in [0.29, 0.717) is 0 Å². The summed E-state index contributed by atoms with van der Waals surface area (Å²) in [4.78, 5) is 8.36. The Kier molecular flexibility index (Phi) is 6.00. The van der Waals surface area contributed by atoms with Crippen molar-refractivity contribution in [1.29, 1.82) is 0 Å². The minimum atomic E-state index is 0.742. The first-order valence-electron chi connectivity index (χ1n) is 5.53. The van der Waals surface area contributed by atoms with E-state index in [1.54, 1.807) is 25.2 Å². The molecular weight excluding hydrogens is 222 g/mol. The second kappa shape index (κ2) is 7.33. The number of methoxy groups -OCH3 is 1. The molecule has 0 amide bonds. The topological polar surface area (TPSA) is 47.0 Å². The van der Waals surface area contributed by atoms with Crippen LogP contribution in [0.2, 0.25) is 0 Å². The van der Waals surface area contributed by atoms with E-state index in [-0.39, 0.29) is 0 Å². The maximum absolute atomic E-state index is 5.32. The fourth-order valence-electron chi connectivity index (χ4n) is 1.34. The molecule has 0 aliphatic heterocycles. The molecule has 1 aromatic rings. The van der Waals surface area contributed by atoms with Crippen molar-refractivity contribution >= 4 is 17.6 Å². The highest BCUT2D eigenvalue weighted by molar-refractivity contribution is 7.99. The molecule has 0 saturated carbocycles. The molecule has 0 radical (unpaired) electrons. The third-order valence-electron chi connectivity index (χ3n) is 2.20. The van der Waals surface area contributed by atoms with Crippen molar-refractivity contribution in [2.45, 2.75) is 31.2 Å². The molecule has 0 unspecified atom stereocenters. The van der Waals surface area contributed by atoms with Gasteiger partial charge in [0.15, 0.2) is 11.6 Å². The van der Waals surface area contributed by atoms with Gasteiger partial charge in [-0.2, -0.15) is 0 Å². The van der Waals surface area contributed by atoms with Crippen LogP contribution in [0.3, 0.4) is 0 Å². The smallest absolute Gasteiger partial charge is 0.193 e. The van der Waals surface area contributed by atoms with E-state index in [9.17, 15) is 0 Å². The van der Waals surface area contributed by atoms with E-state index < -0.39 is 0 Å². The summed E-state index contributed by atoms with van der Waals surface area (Å²) in [6.45, 7) is 2.20. The summed E-state index contributed by atoms with van der Waals surface area (Å²) in [5.74, 6) is 2.56. The van der Waals surface area contributed by atoms with Crippen LogP contribution in [0, 0.1) is 0 Å². The Morgan fingerprint density at radius 2 is 2.19 bits per heavy atom. The summed E-state index contributed by atoms with van der Waals surface area (Å²) in [5.41, 5.74) is 0. The molecule has 0 spiro atoms. The summed E-state index contributed by atoms with van der Waals surface area (Å²) in [5, 5.41) is 3.91. The van der Waals surface area contributed by atoms with Crippen molar-refractivity contribution in [2.24, 2.45) is 0 Å². The van der Waals surface area contributed by atoms with Gasteiger partial charge in [-0.1, -0.05) is 19.8 Å². The Labute approximate surface area is 101 Å². The molecule has 0 fully saturated rings. The lowest BCUT2D eigenvalue weighted by molar-refractivity contribution is 0.400. The van der Waals surface area contributed by atoms with Crippen molar-refractivity contribution in [3.63, 3.8) is 0 Å². The Bertz CT molecular complexity index is 320. The summed E-state index contributed by atoms with van der Waals surface area (Å²) in [7, 11) is 3.48. The zero-order valence-electron chi connectivity index (χ0n) is 10.1. The number of hydrogen-bond acceptors (Lipinski definition) is 5. The molecule has 0 aromatic carbocycles. The molecule has 1 heterocycles. The van der Waals surface area contributed by atoms with Gasteiger partial charge in [0.05, 0.1) is 7.11 Å². The Hall–Kier alpha value is -0.970. The zero-order chi connectivity index (χ0) is 11.8. The van der Waals surface area contributed by atoms with Gasteiger partial charge < -0.3 is 10.1 Å². The standard InChI is InChI=1S/C11H19N3OS/c1-4-5-6-7-16-11-9(15-3)10(12-2)13-8-14-11/h8H,4-7H2,1-3H3,(H,12,13,14). The largest absolute Gasteiger partial charge is 0.490 e. The van der Waals surface area contributed by atoms with Gasteiger partial charge in [-0.3, -0.25) is 0 Å². The van der Waals surface area contributed by atoms with Crippen molar-refractivity contribution in [3.8, 4) is 5.75 Å². The minimum absolute atomic E-state index is 0.742. The first kappa shape index (κ1) is 13.1. The fourth-order valence-corrected chi connectivity index (χ4v) is 2.32. The average molecular weight is 241 g/mol. The fraction of sp³-hybridized carbons (Fsp3) is 0.636. The highest BCUT2D eigenvalue weighted by atomic mass is 32.2. The Morgan fingerprint density at radius 1 is 1.38 bits per heavy atom. The number of nitrogens with zero attached hydrogens (tertiary/aromatic N) is 2. The molecule has 0 aliphatic rings. The van der Waals surface area contributed by atoms with Crippen LogP contribution in [0.5, 0.6) is 5.75 Å². The predicted molar refractivity (Wildman–Crippen MR) is 68.4 cm³/mol. The number of rotatable bonds is 7. The number of anilines is 1.